The lowest BCUT2D eigenvalue weighted by Crippen LogP contribution is -2.30. The fourth-order valence-corrected chi connectivity index (χ4v) is 2.57. The Bertz CT molecular complexity index is 766. The van der Waals surface area contributed by atoms with Crippen LogP contribution >= 0.6 is 15.9 Å². The molecule has 5 nitrogen and oxygen atoms in total. The average Bonchev–Trinajstić information content (AvgIpc) is 2.62. The predicted molar refractivity (Wildman–Crippen MR) is 94.1 cm³/mol. The van der Waals surface area contributed by atoms with Crippen LogP contribution in [-0.4, -0.2) is 32.1 Å². The molecule has 1 amide bonds. The van der Waals surface area contributed by atoms with E-state index in [1.807, 2.05) is 24.3 Å². The van der Waals surface area contributed by atoms with Gasteiger partial charge in [0.1, 0.15) is 11.6 Å². The second-order valence-electron chi connectivity index (χ2n) is 5.11. The van der Waals surface area contributed by atoms with Gasteiger partial charge in [-0.2, -0.15) is 0 Å². The number of carbonyl (C=O) groups excluding carboxylic acids is 2. The molecule has 0 unspecified atom stereocenters. The van der Waals surface area contributed by atoms with Crippen molar-refractivity contribution in [3.05, 3.63) is 63.9 Å². The van der Waals surface area contributed by atoms with Gasteiger partial charge < -0.3 is 14.8 Å². The zero-order valence-electron chi connectivity index (χ0n) is 13.6. The summed E-state index contributed by atoms with van der Waals surface area (Å²) in [6.45, 7) is -0.0614. The zero-order valence-corrected chi connectivity index (χ0v) is 15.1. The highest BCUT2D eigenvalue weighted by Crippen LogP contribution is 2.19. The monoisotopic (exact) mass is 409 g/mol. The first kappa shape index (κ1) is 18.9. The number of amides is 1. The summed E-state index contributed by atoms with van der Waals surface area (Å²) < 4.78 is 23.7. The molecule has 25 heavy (non-hydrogen) atoms. The highest BCUT2D eigenvalue weighted by atomic mass is 79.9. The lowest BCUT2D eigenvalue weighted by atomic mass is 10.1. The molecule has 0 aliphatic carbocycles. The predicted octanol–water partition coefficient (Wildman–Crippen LogP) is 3.11. The molecule has 0 saturated heterocycles. The van der Waals surface area contributed by atoms with Crippen molar-refractivity contribution in [1.29, 1.82) is 0 Å². The first-order chi connectivity index (χ1) is 12.0. The highest BCUT2D eigenvalue weighted by molar-refractivity contribution is 9.10. The molecular weight excluding hydrogens is 393 g/mol. The molecule has 0 aliphatic heterocycles. The minimum absolute atomic E-state index is 0.0295. The first-order valence-corrected chi connectivity index (χ1v) is 8.31. The van der Waals surface area contributed by atoms with Crippen LogP contribution in [0.15, 0.2) is 46.9 Å². The van der Waals surface area contributed by atoms with E-state index in [-0.39, 0.29) is 5.56 Å². The van der Waals surface area contributed by atoms with Gasteiger partial charge in [-0.05, 0) is 52.2 Å². The Hall–Kier alpha value is -2.41. The Kier molecular flexibility index (Phi) is 6.94. The molecule has 0 aliphatic rings. The van der Waals surface area contributed by atoms with E-state index in [0.29, 0.717) is 17.4 Å². The Morgan fingerprint density at radius 2 is 1.96 bits per heavy atom. The Balaban J connectivity index is 1.79. The Labute approximate surface area is 153 Å². The van der Waals surface area contributed by atoms with Crippen LogP contribution in [-0.2, 0) is 16.0 Å². The molecule has 7 heteroatoms. The number of halogens is 2. The van der Waals surface area contributed by atoms with Gasteiger partial charge in [-0.3, -0.25) is 4.79 Å². The summed E-state index contributed by atoms with van der Waals surface area (Å²) in [7, 11) is 1.58. The minimum atomic E-state index is -0.772. The minimum Gasteiger partial charge on any atom is -0.496 e. The standard InChI is InChI=1S/C18H17BrFNO4/c1-24-16-5-3-2-4-12(16)8-9-21-17(22)11-25-18(23)14-10-13(20)6-7-15(14)19/h2-7,10H,8-9,11H2,1H3,(H,21,22). The van der Waals surface area contributed by atoms with Crippen molar-refractivity contribution in [2.75, 3.05) is 20.3 Å². The van der Waals surface area contributed by atoms with Crippen LogP contribution in [0, 0.1) is 5.82 Å². The molecule has 0 saturated carbocycles. The van der Waals surface area contributed by atoms with E-state index >= 15 is 0 Å². The average molecular weight is 410 g/mol. The molecule has 1 N–H and O–H groups in total. The number of methoxy groups -OCH3 is 1. The molecule has 132 valence electrons. The van der Waals surface area contributed by atoms with E-state index in [1.54, 1.807) is 7.11 Å². The fraction of sp³-hybridized carbons (Fsp3) is 0.222. The van der Waals surface area contributed by atoms with Crippen LogP contribution < -0.4 is 10.1 Å². The van der Waals surface area contributed by atoms with Gasteiger partial charge in [0, 0.05) is 11.0 Å². The number of rotatable bonds is 7. The number of nitrogens with one attached hydrogen (secondary N) is 1. The van der Waals surface area contributed by atoms with Crippen molar-refractivity contribution in [3.8, 4) is 5.75 Å². The fourth-order valence-electron chi connectivity index (χ4n) is 2.16. The van der Waals surface area contributed by atoms with Crippen molar-refractivity contribution in [3.63, 3.8) is 0 Å². The van der Waals surface area contributed by atoms with Crippen molar-refractivity contribution in [1.82, 2.24) is 5.32 Å². The largest absolute Gasteiger partial charge is 0.496 e. The molecule has 0 aromatic heterocycles. The molecule has 0 heterocycles. The molecule has 2 rings (SSSR count). The lowest BCUT2D eigenvalue weighted by molar-refractivity contribution is -0.124. The zero-order chi connectivity index (χ0) is 18.2. The maximum atomic E-state index is 13.2. The second kappa shape index (κ2) is 9.17. The number of esters is 1. The van der Waals surface area contributed by atoms with Crippen molar-refractivity contribution in [2.45, 2.75) is 6.42 Å². The highest BCUT2D eigenvalue weighted by Gasteiger charge is 2.14. The number of carbonyl (C=O) groups is 2. The summed E-state index contributed by atoms with van der Waals surface area (Å²) >= 11 is 3.14. The molecule has 0 bridgehead atoms. The number of para-hydroxylation sites is 1. The third-order valence-electron chi connectivity index (χ3n) is 3.39. The van der Waals surface area contributed by atoms with Crippen LogP contribution in [0.2, 0.25) is 0 Å². The SMILES string of the molecule is COc1ccccc1CCNC(=O)COC(=O)c1cc(F)ccc1Br. The molecule has 0 radical (unpaired) electrons. The van der Waals surface area contributed by atoms with Crippen LogP contribution in [0.25, 0.3) is 0 Å². The Morgan fingerprint density at radius 1 is 1.20 bits per heavy atom. The van der Waals surface area contributed by atoms with Crippen LogP contribution in [0.4, 0.5) is 4.39 Å². The topological polar surface area (TPSA) is 64.6 Å². The van der Waals surface area contributed by atoms with Gasteiger partial charge >= 0.3 is 5.97 Å². The van der Waals surface area contributed by atoms with E-state index < -0.39 is 24.3 Å². The third kappa shape index (κ3) is 5.56. The van der Waals surface area contributed by atoms with E-state index in [9.17, 15) is 14.0 Å². The molecule has 2 aromatic carbocycles. The summed E-state index contributed by atoms with van der Waals surface area (Å²) in [6, 6.07) is 11.2. The quantitative estimate of drug-likeness (QED) is 0.713. The molecular formula is C18H17BrFNO4. The maximum Gasteiger partial charge on any atom is 0.339 e. The van der Waals surface area contributed by atoms with Gasteiger partial charge in [-0.1, -0.05) is 18.2 Å². The number of ether oxygens (including phenoxy) is 2. The maximum absolute atomic E-state index is 13.2. The van der Waals surface area contributed by atoms with Crippen molar-refractivity contribution in [2.24, 2.45) is 0 Å². The normalized spacial score (nSPS) is 10.2. The Morgan fingerprint density at radius 3 is 2.72 bits per heavy atom. The van der Waals surface area contributed by atoms with Gasteiger partial charge in [0.05, 0.1) is 12.7 Å². The summed E-state index contributed by atoms with van der Waals surface area (Å²) in [6.07, 6.45) is 0.582. The molecule has 0 fully saturated rings. The van der Waals surface area contributed by atoms with Gasteiger partial charge in [0.25, 0.3) is 5.91 Å². The molecule has 2 aromatic rings. The number of benzene rings is 2. The van der Waals surface area contributed by atoms with Crippen molar-refractivity contribution >= 4 is 27.8 Å². The van der Waals surface area contributed by atoms with Crippen LogP contribution in [0.5, 0.6) is 5.75 Å². The van der Waals surface area contributed by atoms with Crippen LogP contribution in [0.1, 0.15) is 15.9 Å². The lowest BCUT2D eigenvalue weighted by Gasteiger charge is -2.10. The smallest absolute Gasteiger partial charge is 0.339 e. The first-order valence-electron chi connectivity index (χ1n) is 7.52. The van der Waals surface area contributed by atoms with E-state index in [2.05, 4.69) is 21.2 Å². The van der Waals surface area contributed by atoms with Gasteiger partial charge in [-0.15, -0.1) is 0 Å². The number of hydrogen-bond acceptors (Lipinski definition) is 4. The van der Waals surface area contributed by atoms with Crippen molar-refractivity contribution < 1.29 is 23.5 Å². The number of hydrogen-bond donors (Lipinski definition) is 1. The third-order valence-corrected chi connectivity index (χ3v) is 4.08. The van der Waals surface area contributed by atoms with Gasteiger partial charge in [0.15, 0.2) is 6.61 Å². The summed E-state index contributed by atoms with van der Waals surface area (Å²) in [5.41, 5.74) is 0.993. The molecule has 0 atom stereocenters. The summed E-state index contributed by atoms with van der Waals surface area (Å²) in [5, 5.41) is 2.66. The summed E-state index contributed by atoms with van der Waals surface area (Å²) in [5.74, 6) is -1.02. The second-order valence-corrected chi connectivity index (χ2v) is 5.97. The van der Waals surface area contributed by atoms with Gasteiger partial charge in [0.2, 0.25) is 0 Å². The molecule has 0 spiro atoms. The van der Waals surface area contributed by atoms with E-state index in [1.165, 1.54) is 12.1 Å². The van der Waals surface area contributed by atoms with Gasteiger partial charge in [-0.25, -0.2) is 9.18 Å². The van der Waals surface area contributed by atoms with E-state index in [0.717, 1.165) is 17.4 Å². The van der Waals surface area contributed by atoms with Crippen LogP contribution in [0.3, 0.4) is 0 Å². The van der Waals surface area contributed by atoms with E-state index in [4.69, 9.17) is 9.47 Å². The summed E-state index contributed by atoms with van der Waals surface area (Å²) in [4.78, 5) is 23.7.